The Kier molecular flexibility index (Phi) is 4.70. The molecule has 0 saturated heterocycles. The summed E-state index contributed by atoms with van der Waals surface area (Å²) in [5.74, 6) is -0.906. The molecule has 134 valence electrons. The van der Waals surface area contributed by atoms with Crippen LogP contribution in [0.1, 0.15) is 33.3 Å². The third-order valence-corrected chi connectivity index (χ3v) is 3.60. The summed E-state index contributed by atoms with van der Waals surface area (Å²) in [6.45, 7) is 0. The molecule has 0 bridgehead atoms. The minimum Gasteiger partial charge on any atom is -0.465 e. The highest BCUT2D eigenvalue weighted by Gasteiger charge is 2.30. The third kappa shape index (κ3) is 4.05. The molecular weight excluding hydrogens is 351 g/mol. The number of hydrogen-bond acceptors (Lipinski definition) is 5. The first-order chi connectivity index (χ1) is 12.3. The van der Waals surface area contributed by atoms with Crippen LogP contribution in [0.5, 0.6) is 0 Å². The van der Waals surface area contributed by atoms with Crippen LogP contribution in [0.25, 0.3) is 0 Å². The molecule has 3 aromatic rings. The molecule has 2 heterocycles. The van der Waals surface area contributed by atoms with Gasteiger partial charge in [0.1, 0.15) is 17.8 Å². The predicted octanol–water partition coefficient (Wildman–Crippen LogP) is 3.00. The number of rotatable bonds is 6. The Morgan fingerprint density at radius 1 is 1.04 bits per heavy atom. The highest BCUT2D eigenvalue weighted by Crippen LogP contribution is 2.29. The van der Waals surface area contributed by atoms with Gasteiger partial charge in [0, 0.05) is 6.42 Å². The number of nitrogens with one attached hydrogen (secondary N) is 1. The highest BCUT2D eigenvalue weighted by atomic mass is 19.4. The van der Waals surface area contributed by atoms with Crippen LogP contribution in [0.15, 0.2) is 47.1 Å². The summed E-state index contributed by atoms with van der Waals surface area (Å²) in [6, 6.07) is 7.88. The van der Waals surface area contributed by atoms with Gasteiger partial charge in [0.25, 0.3) is 5.78 Å². The molecule has 0 unspecified atom stereocenters. The Bertz CT molecular complexity index is 913. The number of ketones is 2. The number of carbonyl (C=O) groups is 2. The van der Waals surface area contributed by atoms with Crippen molar-refractivity contribution < 1.29 is 27.2 Å². The Hall–Kier alpha value is -3.23. The fourth-order valence-electron chi connectivity index (χ4n) is 2.31. The van der Waals surface area contributed by atoms with Gasteiger partial charge in [-0.05, 0) is 29.8 Å². The lowest BCUT2D eigenvalue weighted by Gasteiger charge is -2.06. The van der Waals surface area contributed by atoms with Crippen molar-refractivity contribution in [3.05, 3.63) is 71.2 Å². The lowest BCUT2D eigenvalue weighted by atomic mass is 10.1. The zero-order chi connectivity index (χ0) is 18.7. The number of H-pyrrole nitrogens is 1. The van der Waals surface area contributed by atoms with Gasteiger partial charge in [0.2, 0.25) is 5.78 Å². The fraction of sp³-hybridized carbons (Fsp3) is 0.176. The fourth-order valence-corrected chi connectivity index (χ4v) is 2.31. The molecule has 0 amide bonds. The van der Waals surface area contributed by atoms with E-state index in [1.807, 2.05) is 0 Å². The van der Waals surface area contributed by atoms with E-state index in [0.717, 1.165) is 18.5 Å². The summed E-state index contributed by atoms with van der Waals surface area (Å²) < 4.78 is 43.1. The first-order valence-corrected chi connectivity index (χ1v) is 7.49. The number of hydrogen-bond donors (Lipinski definition) is 1. The number of carbonyl (C=O) groups excluding carboxylic acids is 2. The van der Waals surface area contributed by atoms with E-state index in [2.05, 4.69) is 15.2 Å². The number of nitrogens with zero attached hydrogens (tertiary/aromatic N) is 2. The second-order valence-electron chi connectivity index (χ2n) is 5.50. The maximum absolute atomic E-state index is 12.5. The molecule has 0 aliphatic heterocycles. The van der Waals surface area contributed by atoms with E-state index >= 15 is 0 Å². The quantitative estimate of drug-likeness (QED) is 0.537. The predicted molar refractivity (Wildman–Crippen MR) is 82.4 cm³/mol. The Morgan fingerprint density at radius 3 is 2.35 bits per heavy atom. The number of halogens is 3. The molecule has 0 saturated carbocycles. The maximum Gasteiger partial charge on any atom is 0.416 e. The van der Waals surface area contributed by atoms with E-state index in [4.69, 9.17) is 4.42 Å². The molecule has 0 radical (unpaired) electrons. The number of aromatic nitrogens is 3. The summed E-state index contributed by atoms with van der Waals surface area (Å²) in [6.07, 6.45) is -3.24. The number of aromatic amines is 1. The summed E-state index contributed by atoms with van der Waals surface area (Å²) in [7, 11) is 0. The van der Waals surface area contributed by atoms with Crippen LogP contribution in [0, 0.1) is 0 Å². The Morgan fingerprint density at radius 2 is 1.73 bits per heavy atom. The van der Waals surface area contributed by atoms with Gasteiger partial charge in [0.15, 0.2) is 5.82 Å². The smallest absolute Gasteiger partial charge is 0.416 e. The molecule has 1 N–H and O–H groups in total. The summed E-state index contributed by atoms with van der Waals surface area (Å²) in [5, 5.41) is 5.82. The van der Waals surface area contributed by atoms with Gasteiger partial charge in [-0.25, -0.2) is 4.98 Å². The zero-order valence-corrected chi connectivity index (χ0v) is 13.2. The molecule has 9 heteroatoms. The van der Waals surface area contributed by atoms with Crippen LogP contribution in [0.4, 0.5) is 13.2 Å². The van der Waals surface area contributed by atoms with E-state index in [-0.39, 0.29) is 24.4 Å². The molecular formula is C17H12F3N3O3. The van der Waals surface area contributed by atoms with Gasteiger partial charge in [-0.1, -0.05) is 12.1 Å². The van der Waals surface area contributed by atoms with Crippen LogP contribution in [-0.2, 0) is 23.8 Å². The normalized spacial score (nSPS) is 11.5. The first kappa shape index (κ1) is 17.6. The Labute approximate surface area is 145 Å². The summed E-state index contributed by atoms with van der Waals surface area (Å²) in [5.41, 5.74) is -0.0964. The number of Topliss-reactive ketones (excluding diaryl/α,β-unsaturated/α-hetero) is 2. The van der Waals surface area contributed by atoms with E-state index in [1.165, 1.54) is 12.1 Å². The molecule has 0 atom stereocenters. The highest BCUT2D eigenvalue weighted by molar-refractivity contribution is 6.42. The van der Waals surface area contributed by atoms with Crippen molar-refractivity contribution in [1.29, 1.82) is 0 Å². The van der Waals surface area contributed by atoms with Crippen LogP contribution >= 0.6 is 0 Å². The second-order valence-corrected chi connectivity index (χ2v) is 5.50. The van der Waals surface area contributed by atoms with Crippen molar-refractivity contribution in [2.24, 2.45) is 0 Å². The molecule has 0 aliphatic rings. The largest absolute Gasteiger partial charge is 0.465 e. The van der Waals surface area contributed by atoms with Gasteiger partial charge >= 0.3 is 6.18 Å². The summed E-state index contributed by atoms with van der Waals surface area (Å²) >= 11 is 0. The first-order valence-electron chi connectivity index (χ1n) is 7.49. The topological polar surface area (TPSA) is 88.8 Å². The van der Waals surface area contributed by atoms with Gasteiger partial charge in [-0.3, -0.25) is 14.7 Å². The third-order valence-electron chi connectivity index (χ3n) is 3.60. The van der Waals surface area contributed by atoms with Gasteiger partial charge in [0.05, 0.1) is 12.0 Å². The van der Waals surface area contributed by atoms with Crippen molar-refractivity contribution in [1.82, 2.24) is 15.2 Å². The van der Waals surface area contributed by atoms with Crippen LogP contribution in [-0.4, -0.2) is 26.7 Å². The molecule has 2 aromatic heterocycles. The molecule has 6 nitrogen and oxygen atoms in total. The van der Waals surface area contributed by atoms with Crippen LogP contribution in [0.2, 0.25) is 0 Å². The molecule has 3 rings (SSSR count). The van der Waals surface area contributed by atoms with Crippen molar-refractivity contribution in [3.63, 3.8) is 0 Å². The molecule has 1 aromatic carbocycles. The van der Waals surface area contributed by atoms with E-state index in [9.17, 15) is 22.8 Å². The minimum atomic E-state index is -4.38. The van der Waals surface area contributed by atoms with Crippen molar-refractivity contribution in [2.45, 2.75) is 19.0 Å². The maximum atomic E-state index is 12.5. The average Bonchev–Trinajstić information content (AvgIpc) is 3.26. The van der Waals surface area contributed by atoms with E-state index < -0.39 is 23.3 Å². The van der Waals surface area contributed by atoms with Gasteiger partial charge in [-0.15, -0.1) is 0 Å². The van der Waals surface area contributed by atoms with E-state index in [1.54, 1.807) is 12.1 Å². The van der Waals surface area contributed by atoms with Crippen molar-refractivity contribution in [2.75, 3.05) is 0 Å². The van der Waals surface area contributed by atoms with Crippen molar-refractivity contribution in [3.8, 4) is 0 Å². The summed E-state index contributed by atoms with van der Waals surface area (Å²) in [4.78, 5) is 27.3. The van der Waals surface area contributed by atoms with E-state index in [0.29, 0.717) is 11.3 Å². The van der Waals surface area contributed by atoms with Crippen LogP contribution in [0.3, 0.4) is 0 Å². The van der Waals surface area contributed by atoms with Crippen LogP contribution < -0.4 is 0 Å². The zero-order valence-electron chi connectivity index (χ0n) is 13.2. The standard InChI is InChI=1S/C17H12F3N3O3/c18-17(19,20)11-3-1-10(2-4-11)7-12-5-6-13(26-12)8-14(24)15(25)16-21-9-22-23-16/h1-6,9H,7-8H2,(H,21,22,23). The molecule has 0 spiro atoms. The molecule has 26 heavy (non-hydrogen) atoms. The average molecular weight is 363 g/mol. The van der Waals surface area contributed by atoms with Crippen molar-refractivity contribution >= 4 is 11.6 Å². The molecule has 0 aliphatic carbocycles. The lowest BCUT2D eigenvalue weighted by molar-refractivity contribution is -0.137. The minimum absolute atomic E-state index is 0.147. The Balaban J connectivity index is 1.63. The number of benzene rings is 1. The van der Waals surface area contributed by atoms with Gasteiger partial charge in [-0.2, -0.15) is 18.3 Å². The van der Waals surface area contributed by atoms with Gasteiger partial charge < -0.3 is 4.42 Å². The molecule has 0 fully saturated rings. The SMILES string of the molecule is O=C(Cc1ccc(Cc2ccc(C(F)(F)F)cc2)o1)C(=O)c1ncn[nH]1. The number of alkyl halides is 3. The lowest BCUT2D eigenvalue weighted by Crippen LogP contribution is -2.17. The second kappa shape index (κ2) is 6.95. The monoisotopic (exact) mass is 363 g/mol. The number of furan rings is 1.